The molecule has 0 aliphatic carbocycles. The van der Waals surface area contributed by atoms with Crippen LogP contribution in [0.25, 0.3) is 5.76 Å². The summed E-state index contributed by atoms with van der Waals surface area (Å²) in [6, 6.07) is 14.4. The number of halogens is 2. The Morgan fingerprint density at radius 2 is 1.89 bits per heavy atom. The summed E-state index contributed by atoms with van der Waals surface area (Å²) in [7, 11) is 0. The number of rotatable bonds is 8. The normalized spacial score (nSPS) is 17.1. The molecule has 3 aromatic rings. The van der Waals surface area contributed by atoms with Gasteiger partial charge >= 0.3 is 0 Å². The largest absolute Gasteiger partial charge is 0.507 e. The van der Waals surface area contributed by atoms with E-state index in [1.807, 2.05) is 0 Å². The van der Waals surface area contributed by atoms with E-state index in [4.69, 9.17) is 16.3 Å². The van der Waals surface area contributed by atoms with Crippen LogP contribution < -0.4 is 9.64 Å². The molecule has 1 aromatic heterocycles. The number of benzene rings is 2. The van der Waals surface area contributed by atoms with E-state index in [9.17, 15) is 19.1 Å². The molecule has 1 N–H and O–H groups in total. The molecule has 4 rings (SSSR count). The van der Waals surface area contributed by atoms with E-state index in [-0.39, 0.29) is 22.0 Å². The molecule has 35 heavy (non-hydrogen) atoms. The number of ether oxygens (including phenoxy) is 1. The maximum absolute atomic E-state index is 13.8. The topological polar surface area (TPSA) is 79.7 Å². The first-order valence-corrected chi connectivity index (χ1v) is 11.7. The van der Waals surface area contributed by atoms with Crippen LogP contribution in [0.4, 0.5) is 10.1 Å². The zero-order valence-corrected chi connectivity index (χ0v) is 19.8. The lowest BCUT2D eigenvalue weighted by Crippen LogP contribution is -2.29. The van der Waals surface area contributed by atoms with E-state index in [2.05, 4.69) is 11.9 Å². The van der Waals surface area contributed by atoms with Crippen molar-refractivity contribution >= 4 is 34.7 Å². The van der Waals surface area contributed by atoms with Crippen molar-refractivity contribution in [2.24, 2.45) is 0 Å². The van der Waals surface area contributed by atoms with Gasteiger partial charge in [0.05, 0.1) is 22.9 Å². The van der Waals surface area contributed by atoms with E-state index in [0.29, 0.717) is 23.6 Å². The lowest BCUT2D eigenvalue weighted by atomic mass is 9.98. The molecule has 1 saturated heterocycles. The number of hydrogen-bond donors (Lipinski definition) is 1. The predicted molar refractivity (Wildman–Crippen MR) is 132 cm³/mol. The smallest absolute Gasteiger partial charge is 0.300 e. The molecule has 1 amide bonds. The van der Waals surface area contributed by atoms with Gasteiger partial charge < -0.3 is 9.84 Å². The van der Waals surface area contributed by atoms with Crippen molar-refractivity contribution in [1.82, 2.24) is 4.98 Å². The molecule has 6 nitrogen and oxygen atoms in total. The Bertz CT molecular complexity index is 1260. The number of hydrogen-bond acceptors (Lipinski definition) is 5. The first-order chi connectivity index (χ1) is 16.9. The molecule has 0 bridgehead atoms. The summed E-state index contributed by atoms with van der Waals surface area (Å²) in [6.07, 6.45) is 4.64. The van der Waals surface area contributed by atoms with Gasteiger partial charge in [-0.3, -0.25) is 19.5 Å². The molecule has 8 heteroatoms. The van der Waals surface area contributed by atoms with E-state index in [0.717, 1.165) is 25.3 Å². The molecule has 2 aromatic carbocycles. The number of aromatic nitrogens is 1. The van der Waals surface area contributed by atoms with Gasteiger partial charge in [-0.2, -0.15) is 0 Å². The van der Waals surface area contributed by atoms with Gasteiger partial charge in [-0.25, -0.2) is 4.39 Å². The van der Waals surface area contributed by atoms with E-state index in [1.165, 1.54) is 23.2 Å². The fourth-order valence-corrected chi connectivity index (χ4v) is 4.13. The van der Waals surface area contributed by atoms with Crippen molar-refractivity contribution in [3.8, 4) is 5.75 Å². The number of Topliss-reactive ketones (excluding diaryl/α,β-unsaturated/α-hetero) is 1. The quantitative estimate of drug-likeness (QED) is 0.178. The van der Waals surface area contributed by atoms with Gasteiger partial charge in [0.25, 0.3) is 11.7 Å². The molecule has 1 fully saturated rings. The summed E-state index contributed by atoms with van der Waals surface area (Å²) in [4.78, 5) is 31.7. The number of carbonyl (C=O) groups excluding carboxylic acids is 2. The van der Waals surface area contributed by atoms with Crippen LogP contribution in [0.5, 0.6) is 5.75 Å². The molecule has 1 unspecified atom stereocenters. The van der Waals surface area contributed by atoms with Crippen molar-refractivity contribution in [2.75, 3.05) is 11.5 Å². The Kier molecular flexibility index (Phi) is 7.46. The highest BCUT2D eigenvalue weighted by molar-refractivity contribution is 6.51. The average Bonchev–Trinajstić information content (AvgIpc) is 3.14. The molecule has 1 aliphatic rings. The number of carbonyl (C=O) groups is 2. The van der Waals surface area contributed by atoms with Crippen molar-refractivity contribution in [1.29, 1.82) is 0 Å². The standard InChI is InChI=1S/C27H24ClFN2O4/c1-2-3-6-15-35-19-11-8-17(9-12-19)25(32)23-24(22-7-4-5-14-30-22)31(27(34)26(23)33)18-10-13-21(29)20(28)16-18/h4-5,7-14,16,24,32H,2-3,6,15H2,1H3/b25-23+. The Labute approximate surface area is 207 Å². The number of anilines is 1. The highest BCUT2D eigenvalue weighted by Gasteiger charge is 2.47. The van der Waals surface area contributed by atoms with Crippen molar-refractivity contribution < 1.29 is 23.8 Å². The molecular weight excluding hydrogens is 471 g/mol. The minimum absolute atomic E-state index is 0.120. The van der Waals surface area contributed by atoms with Crippen LogP contribution in [0.3, 0.4) is 0 Å². The van der Waals surface area contributed by atoms with E-state index < -0.39 is 23.5 Å². The third kappa shape index (κ3) is 5.05. The number of pyridine rings is 1. The Hall–Kier alpha value is -3.71. The molecule has 0 radical (unpaired) electrons. The summed E-state index contributed by atoms with van der Waals surface area (Å²) in [5.41, 5.74) is 0.807. The van der Waals surface area contributed by atoms with Crippen LogP contribution in [0, 0.1) is 5.82 Å². The SMILES string of the molecule is CCCCCOc1ccc(/C(O)=C2\C(=O)C(=O)N(c3ccc(F)c(Cl)c3)C2c2ccccn2)cc1. The first-order valence-electron chi connectivity index (χ1n) is 11.3. The van der Waals surface area contributed by atoms with Gasteiger partial charge in [0.2, 0.25) is 0 Å². The van der Waals surface area contributed by atoms with Crippen LogP contribution in [-0.4, -0.2) is 28.4 Å². The van der Waals surface area contributed by atoms with Crippen LogP contribution in [0.1, 0.15) is 43.5 Å². The van der Waals surface area contributed by atoms with E-state index >= 15 is 0 Å². The second kappa shape index (κ2) is 10.7. The van der Waals surface area contributed by atoms with Gasteiger partial charge in [0, 0.05) is 17.4 Å². The van der Waals surface area contributed by atoms with Crippen molar-refractivity contribution in [2.45, 2.75) is 32.2 Å². The van der Waals surface area contributed by atoms with Gasteiger partial charge in [0.1, 0.15) is 23.4 Å². The number of nitrogens with zero attached hydrogens (tertiary/aromatic N) is 2. The zero-order chi connectivity index (χ0) is 24.9. The summed E-state index contributed by atoms with van der Waals surface area (Å²) in [5.74, 6) is -2.11. The van der Waals surface area contributed by atoms with Gasteiger partial charge in [-0.1, -0.05) is 37.4 Å². The zero-order valence-electron chi connectivity index (χ0n) is 19.1. The van der Waals surface area contributed by atoms with E-state index in [1.54, 1.807) is 42.5 Å². The lowest BCUT2D eigenvalue weighted by molar-refractivity contribution is -0.132. The molecule has 180 valence electrons. The van der Waals surface area contributed by atoms with Crippen molar-refractivity contribution in [3.63, 3.8) is 0 Å². The van der Waals surface area contributed by atoms with Gasteiger partial charge in [-0.05, 0) is 61.0 Å². The monoisotopic (exact) mass is 494 g/mol. The van der Waals surface area contributed by atoms with Gasteiger partial charge in [-0.15, -0.1) is 0 Å². The maximum Gasteiger partial charge on any atom is 0.300 e. The Morgan fingerprint density at radius 3 is 2.54 bits per heavy atom. The van der Waals surface area contributed by atoms with Crippen LogP contribution in [-0.2, 0) is 9.59 Å². The molecular formula is C27H24ClFN2O4. The summed E-state index contributed by atoms with van der Waals surface area (Å²) >= 11 is 5.95. The molecule has 1 atom stereocenters. The number of unbranched alkanes of at least 4 members (excludes halogenated alkanes) is 2. The molecule has 1 aliphatic heterocycles. The predicted octanol–water partition coefficient (Wildman–Crippen LogP) is 6.07. The number of ketones is 1. The third-order valence-electron chi connectivity index (χ3n) is 5.74. The molecule has 0 spiro atoms. The summed E-state index contributed by atoms with van der Waals surface area (Å²) in [6.45, 7) is 2.70. The second-order valence-electron chi connectivity index (χ2n) is 8.10. The Balaban J connectivity index is 1.75. The van der Waals surface area contributed by atoms with Crippen LogP contribution in [0.2, 0.25) is 5.02 Å². The number of amides is 1. The fraction of sp³-hybridized carbons (Fsp3) is 0.222. The minimum atomic E-state index is -1.03. The van der Waals surface area contributed by atoms with Gasteiger partial charge in [0.15, 0.2) is 0 Å². The summed E-state index contributed by atoms with van der Waals surface area (Å²) < 4.78 is 19.5. The Morgan fingerprint density at radius 1 is 1.11 bits per heavy atom. The fourth-order valence-electron chi connectivity index (χ4n) is 3.96. The second-order valence-corrected chi connectivity index (χ2v) is 8.51. The van der Waals surface area contributed by atoms with Crippen LogP contribution in [0.15, 0.2) is 72.4 Å². The minimum Gasteiger partial charge on any atom is -0.507 e. The van der Waals surface area contributed by atoms with Crippen LogP contribution >= 0.6 is 11.6 Å². The number of aliphatic hydroxyl groups is 1. The highest BCUT2D eigenvalue weighted by atomic mass is 35.5. The molecule has 0 saturated carbocycles. The number of aliphatic hydroxyl groups excluding tert-OH is 1. The first kappa shape index (κ1) is 24.4. The summed E-state index contributed by atoms with van der Waals surface area (Å²) in [5, 5.41) is 11.0. The van der Waals surface area contributed by atoms with Crippen molar-refractivity contribution in [3.05, 3.63) is 94.5 Å². The highest BCUT2D eigenvalue weighted by Crippen LogP contribution is 2.42. The molecule has 2 heterocycles. The third-order valence-corrected chi connectivity index (χ3v) is 6.03. The average molecular weight is 495 g/mol. The lowest BCUT2D eigenvalue weighted by Gasteiger charge is -2.24. The maximum atomic E-state index is 13.8.